The van der Waals surface area contributed by atoms with Crippen molar-refractivity contribution in [2.45, 2.75) is 12.8 Å². The predicted molar refractivity (Wildman–Crippen MR) is 195 cm³/mol. The Morgan fingerprint density at radius 1 is 1.06 bits per heavy atom. The van der Waals surface area contributed by atoms with Gasteiger partial charge in [0.25, 0.3) is 11.8 Å². The van der Waals surface area contributed by atoms with E-state index in [1.54, 1.807) is 46.9 Å². The van der Waals surface area contributed by atoms with Crippen molar-refractivity contribution in [1.29, 1.82) is 0 Å². The molecule has 5 aromatic rings. The molecule has 1 aliphatic heterocycles. The Hall–Kier alpha value is -5.21. The number of nitrogens with zero attached hydrogens (tertiary/aromatic N) is 4. The number of pyridine rings is 1. The van der Waals surface area contributed by atoms with Gasteiger partial charge in [0.15, 0.2) is 0 Å². The number of halogens is 1. The molecule has 0 radical (unpaired) electrons. The fourth-order valence-electron chi connectivity index (χ4n) is 6.25. The van der Waals surface area contributed by atoms with Crippen LogP contribution in [0.1, 0.15) is 37.9 Å². The third-order valence-electron chi connectivity index (χ3n) is 8.77. The number of aliphatic hydroxyl groups is 1. The van der Waals surface area contributed by atoms with Crippen LogP contribution in [-0.2, 0) is 4.74 Å². The van der Waals surface area contributed by atoms with E-state index in [1.165, 1.54) is 29.2 Å². The Morgan fingerprint density at radius 2 is 1.86 bits per heavy atom. The number of hydrogen-bond acceptors (Lipinski definition) is 9. The number of ether oxygens (including phenoxy) is 2. The summed E-state index contributed by atoms with van der Waals surface area (Å²) in [6.07, 6.45) is 2.70. The molecule has 13 nitrogen and oxygen atoms in total. The van der Waals surface area contributed by atoms with E-state index >= 15 is 0 Å². The number of phenolic OH excluding ortho intramolecular Hbond substituents is 1. The molecule has 3 heterocycles. The van der Waals surface area contributed by atoms with Crippen LogP contribution in [0.15, 0.2) is 73.1 Å². The molecule has 0 aliphatic carbocycles. The van der Waals surface area contributed by atoms with Crippen molar-refractivity contribution in [3.8, 4) is 11.5 Å². The van der Waals surface area contributed by atoms with Gasteiger partial charge in [-0.25, -0.2) is 9.78 Å². The number of aromatic nitrogens is 2. The molecular weight excluding hydrogens is 676 g/mol. The van der Waals surface area contributed by atoms with Gasteiger partial charge in [0.2, 0.25) is 0 Å². The van der Waals surface area contributed by atoms with Crippen molar-refractivity contribution in [3.05, 3.63) is 95.4 Å². The SMILES string of the molecule is CNCCN(CCOCCO)C(=O)Oc1cc2c(c3c(C)cccc13)C(CCl)CN2C(=O)c1cn2cc(NC(=O)c3ccc(O)cc3)ccc2n1. The van der Waals surface area contributed by atoms with E-state index < -0.39 is 6.09 Å². The van der Waals surface area contributed by atoms with Gasteiger partial charge in [-0.3, -0.25) is 9.59 Å². The summed E-state index contributed by atoms with van der Waals surface area (Å²) in [5, 5.41) is 26.1. The summed E-state index contributed by atoms with van der Waals surface area (Å²) >= 11 is 6.53. The second-order valence-corrected chi connectivity index (χ2v) is 12.5. The Bertz CT molecular complexity index is 2070. The number of aliphatic hydroxyl groups excluding tert-OH is 1. The first-order valence-electron chi connectivity index (χ1n) is 16.6. The molecule has 1 unspecified atom stereocenters. The van der Waals surface area contributed by atoms with Crippen molar-refractivity contribution < 1.29 is 34.1 Å². The molecule has 0 fully saturated rings. The molecule has 4 N–H and O–H groups in total. The number of rotatable bonds is 13. The van der Waals surface area contributed by atoms with E-state index in [0.717, 1.165) is 21.9 Å². The number of benzene rings is 3. The first-order chi connectivity index (χ1) is 24.7. The largest absolute Gasteiger partial charge is 0.508 e. The van der Waals surface area contributed by atoms with Crippen molar-refractivity contribution in [1.82, 2.24) is 19.6 Å². The molecule has 6 rings (SSSR count). The van der Waals surface area contributed by atoms with Gasteiger partial charge >= 0.3 is 6.09 Å². The highest BCUT2D eigenvalue weighted by atomic mass is 35.5. The summed E-state index contributed by atoms with van der Waals surface area (Å²) in [6.45, 7) is 3.72. The molecule has 266 valence electrons. The lowest BCUT2D eigenvalue weighted by atomic mass is 9.92. The maximum Gasteiger partial charge on any atom is 0.415 e. The van der Waals surface area contributed by atoms with E-state index in [1.807, 2.05) is 25.1 Å². The lowest BCUT2D eigenvalue weighted by Crippen LogP contribution is -2.40. The van der Waals surface area contributed by atoms with Gasteiger partial charge < -0.3 is 44.5 Å². The number of fused-ring (bicyclic) bond motifs is 4. The number of hydrogen-bond donors (Lipinski definition) is 4. The zero-order valence-corrected chi connectivity index (χ0v) is 29.0. The summed E-state index contributed by atoms with van der Waals surface area (Å²) in [5.41, 5.74) is 3.99. The normalized spacial score (nSPS) is 13.8. The average Bonchev–Trinajstić information content (AvgIpc) is 3.72. The molecule has 1 aliphatic rings. The van der Waals surface area contributed by atoms with Gasteiger partial charge in [0, 0.05) is 67.4 Å². The highest BCUT2D eigenvalue weighted by Crippen LogP contribution is 2.47. The van der Waals surface area contributed by atoms with Gasteiger partial charge in [0.05, 0.1) is 31.2 Å². The number of aryl methyl sites for hydroxylation is 1. The molecule has 0 saturated carbocycles. The van der Waals surface area contributed by atoms with Crippen LogP contribution in [0.4, 0.5) is 16.2 Å². The number of aromatic hydroxyl groups is 1. The molecule has 14 heteroatoms. The third kappa shape index (κ3) is 7.61. The molecule has 0 saturated heterocycles. The number of amides is 3. The summed E-state index contributed by atoms with van der Waals surface area (Å²) in [7, 11) is 1.79. The molecule has 1 atom stereocenters. The van der Waals surface area contributed by atoms with Crippen LogP contribution in [0.5, 0.6) is 11.5 Å². The highest BCUT2D eigenvalue weighted by Gasteiger charge is 2.37. The Balaban J connectivity index is 1.31. The van der Waals surface area contributed by atoms with Gasteiger partial charge in [-0.2, -0.15) is 0 Å². The minimum Gasteiger partial charge on any atom is -0.508 e. The number of imidazole rings is 1. The monoisotopic (exact) mass is 714 g/mol. The predicted octanol–water partition coefficient (Wildman–Crippen LogP) is 4.77. The number of anilines is 2. The minimum absolute atomic E-state index is 0.0609. The van der Waals surface area contributed by atoms with Crippen molar-refractivity contribution in [2.24, 2.45) is 0 Å². The van der Waals surface area contributed by atoms with E-state index in [9.17, 15) is 19.5 Å². The Labute approximate surface area is 299 Å². The summed E-state index contributed by atoms with van der Waals surface area (Å²) < 4.78 is 13.1. The number of carbonyl (C=O) groups excluding carboxylic acids is 3. The quantitative estimate of drug-likeness (QED) is 0.0997. The van der Waals surface area contributed by atoms with Crippen LogP contribution in [0.2, 0.25) is 0 Å². The van der Waals surface area contributed by atoms with Crippen LogP contribution >= 0.6 is 11.6 Å². The Morgan fingerprint density at radius 3 is 2.61 bits per heavy atom. The molecule has 0 spiro atoms. The van der Waals surface area contributed by atoms with Crippen molar-refractivity contribution in [3.63, 3.8) is 0 Å². The van der Waals surface area contributed by atoms with Crippen LogP contribution in [0, 0.1) is 6.92 Å². The first kappa shape index (κ1) is 35.6. The van der Waals surface area contributed by atoms with E-state index in [2.05, 4.69) is 15.6 Å². The number of carbonyl (C=O) groups is 3. The number of likely N-dealkylation sites (N-methyl/N-ethyl adjacent to an activating group) is 1. The fraction of sp³-hybridized carbons (Fsp3) is 0.297. The molecule has 51 heavy (non-hydrogen) atoms. The van der Waals surface area contributed by atoms with Crippen LogP contribution in [0.25, 0.3) is 16.4 Å². The molecule has 3 aromatic carbocycles. The van der Waals surface area contributed by atoms with Crippen LogP contribution in [-0.4, -0.2) is 101 Å². The smallest absolute Gasteiger partial charge is 0.415 e. The van der Waals surface area contributed by atoms with E-state index in [-0.39, 0.29) is 61.4 Å². The minimum atomic E-state index is -0.570. The Kier molecular flexibility index (Phi) is 11.0. The molecule has 3 amide bonds. The summed E-state index contributed by atoms with van der Waals surface area (Å²) in [5.74, 6) is -0.269. The molecule has 0 bridgehead atoms. The highest BCUT2D eigenvalue weighted by molar-refractivity contribution is 6.19. The molecular formula is C37H39ClN6O7. The third-order valence-corrected chi connectivity index (χ3v) is 9.14. The molecule has 2 aromatic heterocycles. The van der Waals surface area contributed by atoms with Crippen molar-refractivity contribution in [2.75, 3.05) is 69.1 Å². The zero-order chi connectivity index (χ0) is 36.1. The lowest BCUT2D eigenvalue weighted by Gasteiger charge is -2.23. The van der Waals surface area contributed by atoms with Gasteiger partial charge in [-0.1, -0.05) is 18.2 Å². The average molecular weight is 715 g/mol. The lowest BCUT2D eigenvalue weighted by molar-refractivity contribution is 0.0731. The summed E-state index contributed by atoms with van der Waals surface area (Å²) in [4.78, 5) is 48.3. The van der Waals surface area contributed by atoms with E-state index in [0.29, 0.717) is 48.0 Å². The summed E-state index contributed by atoms with van der Waals surface area (Å²) in [6, 6.07) is 16.8. The van der Waals surface area contributed by atoms with Crippen LogP contribution in [0.3, 0.4) is 0 Å². The van der Waals surface area contributed by atoms with Gasteiger partial charge in [0.1, 0.15) is 22.8 Å². The number of alkyl halides is 1. The van der Waals surface area contributed by atoms with Gasteiger partial charge in [-0.05, 0) is 66.9 Å². The standard InChI is InChI=1S/C37H39ClN6O7/c1-23-4-3-5-28-31(51-37(49)42(13-12-39-2)14-16-50-17-15-45)18-30-34(33(23)28)25(19-38)20-44(30)36(48)29-22-43-21-26(8-11-32(43)41-29)40-35(47)24-6-9-27(46)10-7-24/h3-11,18,21-22,25,39,45-46H,12-17,19-20H2,1-2H3,(H,40,47). The maximum absolute atomic E-state index is 14.2. The second kappa shape index (κ2) is 15.8. The number of nitrogens with one attached hydrogen (secondary N) is 2. The first-order valence-corrected chi connectivity index (χ1v) is 17.1. The topological polar surface area (TPSA) is 158 Å². The maximum atomic E-state index is 14.2. The van der Waals surface area contributed by atoms with Gasteiger partial charge in [-0.15, -0.1) is 11.6 Å². The van der Waals surface area contributed by atoms with E-state index in [4.69, 9.17) is 26.2 Å². The fourth-order valence-corrected chi connectivity index (χ4v) is 6.50. The second-order valence-electron chi connectivity index (χ2n) is 12.2. The van der Waals surface area contributed by atoms with Crippen molar-refractivity contribution >= 4 is 57.3 Å². The van der Waals surface area contributed by atoms with Crippen LogP contribution < -0.4 is 20.3 Å². The zero-order valence-electron chi connectivity index (χ0n) is 28.3. The number of phenols is 1.